The van der Waals surface area contributed by atoms with Crippen LogP contribution in [0.4, 0.5) is 0 Å². The average molecular weight is 315 g/mol. The van der Waals surface area contributed by atoms with E-state index in [9.17, 15) is 0 Å². The molecule has 0 fully saturated rings. The predicted molar refractivity (Wildman–Crippen MR) is 81.2 cm³/mol. The predicted octanol–water partition coefficient (Wildman–Crippen LogP) is 3.83. The van der Waals surface area contributed by atoms with Gasteiger partial charge >= 0.3 is 0 Å². The lowest BCUT2D eigenvalue weighted by molar-refractivity contribution is 0.171. The molecular formula is C16H11ClN2O3. The van der Waals surface area contributed by atoms with Crippen LogP contribution in [0, 0.1) is 0 Å². The van der Waals surface area contributed by atoms with E-state index >= 15 is 0 Å². The van der Waals surface area contributed by atoms with Gasteiger partial charge in [-0.25, -0.2) is 0 Å². The number of rotatable bonds is 2. The third-order valence-electron chi connectivity index (χ3n) is 3.31. The van der Waals surface area contributed by atoms with Crippen molar-refractivity contribution >= 4 is 11.6 Å². The van der Waals surface area contributed by atoms with Gasteiger partial charge in [0.25, 0.3) is 0 Å². The second-order valence-corrected chi connectivity index (χ2v) is 5.21. The molecule has 0 aliphatic carbocycles. The maximum absolute atomic E-state index is 5.88. The summed E-state index contributed by atoms with van der Waals surface area (Å²) in [5.41, 5.74) is 1.61. The Balaban J connectivity index is 1.68. The van der Waals surface area contributed by atoms with Crippen molar-refractivity contribution in [3.05, 3.63) is 47.5 Å². The first-order valence-corrected chi connectivity index (χ1v) is 7.17. The number of ether oxygens (including phenoxy) is 2. The van der Waals surface area contributed by atoms with E-state index in [-0.39, 0.29) is 0 Å². The van der Waals surface area contributed by atoms with E-state index in [1.54, 1.807) is 12.1 Å². The number of hydrogen-bond acceptors (Lipinski definition) is 5. The van der Waals surface area contributed by atoms with Gasteiger partial charge in [-0.05, 0) is 42.5 Å². The minimum atomic E-state index is 0.432. The highest BCUT2D eigenvalue weighted by Crippen LogP contribution is 2.34. The van der Waals surface area contributed by atoms with Gasteiger partial charge in [0.1, 0.15) is 13.2 Å². The molecular weight excluding hydrogens is 304 g/mol. The molecule has 1 aliphatic heterocycles. The molecule has 0 bridgehead atoms. The topological polar surface area (TPSA) is 57.4 Å². The Bertz CT molecular complexity index is 815. The molecule has 6 heteroatoms. The lowest BCUT2D eigenvalue weighted by Crippen LogP contribution is -2.15. The van der Waals surface area contributed by atoms with E-state index in [1.165, 1.54) is 0 Å². The summed E-state index contributed by atoms with van der Waals surface area (Å²) in [6.45, 7) is 1.10. The van der Waals surface area contributed by atoms with Crippen molar-refractivity contribution in [2.45, 2.75) is 0 Å². The van der Waals surface area contributed by atoms with Gasteiger partial charge in [-0.1, -0.05) is 11.6 Å². The zero-order chi connectivity index (χ0) is 14.9. The summed E-state index contributed by atoms with van der Waals surface area (Å²) < 4.78 is 16.8. The quantitative estimate of drug-likeness (QED) is 0.719. The fourth-order valence-electron chi connectivity index (χ4n) is 2.23. The molecule has 1 aliphatic rings. The Morgan fingerprint density at radius 2 is 1.41 bits per heavy atom. The van der Waals surface area contributed by atoms with Crippen molar-refractivity contribution in [3.63, 3.8) is 0 Å². The second kappa shape index (κ2) is 5.35. The van der Waals surface area contributed by atoms with Gasteiger partial charge in [-0.15, -0.1) is 10.2 Å². The van der Waals surface area contributed by atoms with E-state index in [1.807, 2.05) is 30.3 Å². The lowest BCUT2D eigenvalue weighted by Gasteiger charge is -2.18. The molecule has 0 saturated carbocycles. The van der Waals surface area contributed by atoms with E-state index in [4.69, 9.17) is 25.5 Å². The van der Waals surface area contributed by atoms with Crippen LogP contribution in [0.2, 0.25) is 5.02 Å². The SMILES string of the molecule is Clc1ccc(-c2nnc(-c3ccc4c(c3)OCCO4)o2)cc1. The molecule has 0 N–H and O–H groups in total. The largest absolute Gasteiger partial charge is 0.486 e. The Morgan fingerprint density at radius 1 is 0.773 bits per heavy atom. The summed E-state index contributed by atoms with van der Waals surface area (Å²) in [5.74, 6) is 2.30. The molecule has 2 heterocycles. The first-order chi connectivity index (χ1) is 10.8. The van der Waals surface area contributed by atoms with Gasteiger partial charge in [0.15, 0.2) is 11.5 Å². The standard InChI is InChI=1S/C16H11ClN2O3/c17-12-4-1-10(2-5-12)15-18-19-16(22-15)11-3-6-13-14(9-11)21-8-7-20-13/h1-6,9H,7-8H2. The summed E-state index contributed by atoms with van der Waals surface area (Å²) in [7, 11) is 0. The summed E-state index contributed by atoms with van der Waals surface area (Å²) >= 11 is 5.88. The zero-order valence-electron chi connectivity index (χ0n) is 11.5. The number of aromatic nitrogens is 2. The van der Waals surface area contributed by atoms with Crippen LogP contribution in [-0.4, -0.2) is 23.4 Å². The van der Waals surface area contributed by atoms with Crippen LogP contribution in [0.15, 0.2) is 46.9 Å². The molecule has 2 aromatic carbocycles. The number of halogens is 1. The highest BCUT2D eigenvalue weighted by molar-refractivity contribution is 6.30. The van der Waals surface area contributed by atoms with Crippen LogP contribution in [0.5, 0.6) is 11.5 Å². The molecule has 1 aromatic heterocycles. The fraction of sp³-hybridized carbons (Fsp3) is 0.125. The Kier molecular flexibility index (Phi) is 3.20. The van der Waals surface area contributed by atoms with Crippen molar-refractivity contribution < 1.29 is 13.9 Å². The van der Waals surface area contributed by atoms with Gasteiger partial charge in [-0.3, -0.25) is 0 Å². The van der Waals surface area contributed by atoms with Crippen LogP contribution >= 0.6 is 11.6 Å². The van der Waals surface area contributed by atoms with E-state index in [2.05, 4.69) is 10.2 Å². The molecule has 22 heavy (non-hydrogen) atoms. The maximum Gasteiger partial charge on any atom is 0.248 e. The van der Waals surface area contributed by atoms with Crippen LogP contribution in [0.25, 0.3) is 22.9 Å². The van der Waals surface area contributed by atoms with Crippen LogP contribution in [-0.2, 0) is 0 Å². The Labute approximate surface area is 131 Å². The van der Waals surface area contributed by atoms with Gasteiger partial charge in [0.2, 0.25) is 11.8 Å². The number of fused-ring (bicyclic) bond motifs is 1. The molecule has 0 saturated heterocycles. The lowest BCUT2D eigenvalue weighted by atomic mass is 10.2. The summed E-state index contributed by atoms with van der Waals surface area (Å²) in [6.07, 6.45) is 0. The highest BCUT2D eigenvalue weighted by atomic mass is 35.5. The molecule has 110 valence electrons. The molecule has 5 nitrogen and oxygen atoms in total. The molecule has 0 amide bonds. The van der Waals surface area contributed by atoms with Crippen LogP contribution < -0.4 is 9.47 Å². The summed E-state index contributed by atoms with van der Waals surface area (Å²) in [5, 5.41) is 8.82. The smallest absolute Gasteiger partial charge is 0.248 e. The molecule has 4 rings (SSSR count). The van der Waals surface area contributed by atoms with Crippen molar-refractivity contribution in [2.75, 3.05) is 13.2 Å². The zero-order valence-corrected chi connectivity index (χ0v) is 12.2. The second-order valence-electron chi connectivity index (χ2n) is 4.78. The summed E-state index contributed by atoms with van der Waals surface area (Å²) in [6, 6.07) is 12.8. The summed E-state index contributed by atoms with van der Waals surface area (Å²) in [4.78, 5) is 0. The van der Waals surface area contributed by atoms with Crippen LogP contribution in [0.1, 0.15) is 0 Å². The molecule has 3 aromatic rings. The minimum absolute atomic E-state index is 0.432. The maximum atomic E-state index is 5.88. The fourth-order valence-corrected chi connectivity index (χ4v) is 2.35. The first kappa shape index (κ1) is 13.2. The number of benzene rings is 2. The molecule has 0 spiro atoms. The highest BCUT2D eigenvalue weighted by Gasteiger charge is 2.16. The number of hydrogen-bond donors (Lipinski definition) is 0. The van der Waals surface area contributed by atoms with Gasteiger partial charge in [0.05, 0.1) is 0 Å². The van der Waals surface area contributed by atoms with Gasteiger partial charge in [-0.2, -0.15) is 0 Å². The van der Waals surface area contributed by atoms with Crippen molar-refractivity contribution in [1.29, 1.82) is 0 Å². The minimum Gasteiger partial charge on any atom is -0.486 e. The van der Waals surface area contributed by atoms with Crippen LogP contribution in [0.3, 0.4) is 0 Å². The van der Waals surface area contributed by atoms with E-state index in [0.717, 1.165) is 16.9 Å². The normalized spacial score (nSPS) is 13.1. The third-order valence-corrected chi connectivity index (χ3v) is 3.56. The first-order valence-electron chi connectivity index (χ1n) is 6.79. The van der Waals surface area contributed by atoms with Crippen molar-refractivity contribution in [2.24, 2.45) is 0 Å². The van der Waals surface area contributed by atoms with Crippen molar-refractivity contribution in [3.8, 4) is 34.4 Å². The monoisotopic (exact) mass is 314 g/mol. The molecule has 0 atom stereocenters. The Morgan fingerprint density at radius 3 is 2.18 bits per heavy atom. The Hall–Kier alpha value is -2.53. The number of nitrogens with zero attached hydrogens (tertiary/aromatic N) is 2. The molecule has 0 radical (unpaired) electrons. The van der Waals surface area contributed by atoms with Gasteiger partial charge < -0.3 is 13.9 Å². The molecule has 0 unspecified atom stereocenters. The van der Waals surface area contributed by atoms with E-state index in [0.29, 0.717) is 35.8 Å². The average Bonchev–Trinajstić information content (AvgIpc) is 3.05. The van der Waals surface area contributed by atoms with Crippen molar-refractivity contribution in [1.82, 2.24) is 10.2 Å². The third kappa shape index (κ3) is 2.40. The van der Waals surface area contributed by atoms with Gasteiger partial charge in [0, 0.05) is 16.1 Å². The van der Waals surface area contributed by atoms with E-state index < -0.39 is 0 Å².